The number of aliphatic hydroxyl groups excluding tert-OH is 3. The molecule has 3 heterocycles. The lowest BCUT2D eigenvalue weighted by Gasteiger charge is -2.23. The Bertz CT molecular complexity index is 652. The van der Waals surface area contributed by atoms with Crippen molar-refractivity contribution >= 4 is 29.6 Å². The Morgan fingerprint density at radius 1 is 1.40 bits per heavy atom. The van der Waals surface area contributed by atoms with Gasteiger partial charge in [0.1, 0.15) is 24.1 Å². The van der Waals surface area contributed by atoms with Gasteiger partial charge < -0.3 is 25.8 Å². The van der Waals surface area contributed by atoms with Crippen LogP contribution in [0.4, 0.5) is 5.82 Å². The second-order valence-corrected chi connectivity index (χ2v) is 5.29. The van der Waals surface area contributed by atoms with Crippen LogP contribution in [0.1, 0.15) is 6.23 Å². The van der Waals surface area contributed by atoms with Crippen LogP contribution in [0.15, 0.2) is 12.7 Å². The molecule has 4 atom stereocenters. The van der Waals surface area contributed by atoms with Gasteiger partial charge in [0.25, 0.3) is 0 Å². The van der Waals surface area contributed by atoms with Crippen molar-refractivity contribution in [2.45, 2.75) is 23.4 Å². The Morgan fingerprint density at radius 3 is 2.80 bits per heavy atom. The number of imidazole rings is 1. The summed E-state index contributed by atoms with van der Waals surface area (Å²) in [6, 6.07) is 0. The Balaban J connectivity index is 2.06. The number of ether oxygens (including phenoxy) is 1. The third kappa shape index (κ3) is 1.77. The summed E-state index contributed by atoms with van der Waals surface area (Å²) < 4.78 is 6.86. The number of thiol groups is 1. The molecule has 0 saturated carbocycles. The molecular weight excluding hydrogens is 286 g/mol. The van der Waals surface area contributed by atoms with E-state index in [0.29, 0.717) is 11.2 Å². The summed E-state index contributed by atoms with van der Waals surface area (Å²) in [5.41, 5.74) is 6.39. The lowest BCUT2D eigenvalue weighted by molar-refractivity contribution is -0.0695. The Hall–Kier alpha value is -1.46. The molecule has 1 saturated heterocycles. The molecule has 2 aromatic rings. The molecule has 0 amide bonds. The lowest BCUT2D eigenvalue weighted by atomic mass is 10.1. The zero-order valence-electron chi connectivity index (χ0n) is 10.2. The number of rotatable bonds is 2. The van der Waals surface area contributed by atoms with E-state index in [1.165, 1.54) is 17.2 Å². The minimum atomic E-state index is -1.56. The molecule has 0 aromatic carbocycles. The first-order valence-electron chi connectivity index (χ1n) is 5.78. The maximum absolute atomic E-state index is 10.1. The molecule has 20 heavy (non-hydrogen) atoms. The molecular formula is C10H13N5O4S. The van der Waals surface area contributed by atoms with E-state index in [4.69, 9.17) is 10.5 Å². The number of fused-ring (bicyclic) bond motifs is 1. The molecule has 1 fully saturated rings. The molecule has 10 heteroatoms. The summed E-state index contributed by atoms with van der Waals surface area (Å²) in [4.78, 5) is 10.3. The van der Waals surface area contributed by atoms with Gasteiger partial charge in [-0.1, -0.05) is 0 Å². The summed E-state index contributed by atoms with van der Waals surface area (Å²) in [5.74, 6) is 0.195. The van der Waals surface area contributed by atoms with E-state index in [0.717, 1.165) is 0 Å². The van der Waals surface area contributed by atoms with Crippen molar-refractivity contribution in [3.05, 3.63) is 12.7 Å². The highest BCUT2D eigenvalue weighted by atomic mass is 32.1. The molecule has 2 aromatic heterocycles. The van der Waals surface area contributed by atoms with Crippen molar-refractivity contribution in [1.29, 1.82) is 0 Å². The number of nitrogen functional groups attached to an aromatic ring is 1. The normalized spacial score (nSPS) is 33.9. The molecule has 1 aliphatic rings. The van der Waals surface area contributed by atoms with Crippen LogP contribution in [0.3, 0.4) is 0 Å². The van der Waals surface area contributed by atoms with Crippen LogP contribution >= 0.6 is 12.6 Å². The monoisotopic (exact) mass is 299 g/mol. The van der Waals surface area contributed by atoms with Crippen LogP contribution < -0.4 is 5.73 Å². The second-order valence-electron chi connectivity index (χ2n) is 4.53. The average Bonchev–Trinajstić information content (AvgIpc) is 2.96. The molecule has 0 bridgehead atoms. The van der Waals surface area contributed by atoms with Crippen molar-refractivity contribution < 1.29 is 20.1 Å². The van der Waals surface area contributed by atoms with E-state index in [-0.39, 0.29) is 5.82 Å². The van der Waals surface area contributed by atoms with Crippen LogP contribution in [-0.2, 0) is 4.74 Å². The van der Waals surface area contributed by atoms with Gasteiger partial charge in [-0.3, -0.25) is 4.57 Å². The lowest BCUT2D eigenvalue weighted by Crippen LogP contribution is -2.41. The Morgan fingerprint density at radius 2 is 2.15 bits per heavy atom. The summed E-state index contributed by atoms with van der Waals surface area (Å²) >= 11 is 4.07. The van der Waals surface area contributed by atoms with E-state index in [2.05, 4.69) is 27.6 Å². The molecule has 0 aliphatic carbocycles. The van der Waals surface area contributed by atoms with E-state index >= 15 is 0 Å². The van der Waals surface area contributed by atoms with Gasteiger partial charge >= 0.3 is 0 Å². The van der Waals surface area contributed by atoms with E-state index < -0.39 is 30.0 Å². The summed E-state index contributed by atoms with van der Waals surface area (Å²) in [6.45, 7) is -0.561. The first kappa shape index (κ1) is 13.5. The minimum absolute atomic E-state index is 0.195. The molecule has 0 unspecified atom stereocenters. The van der Waals surface area contributed by atoms with Gasteiger partial charge in [0, 0.05) is 0 Å². The standard InChI is InChI=1S/C10H13N5O4S/c11-7-4-8(13-2-12-7)15(3-14-4)9-5(17)6(18)10(20,1-16)19-9/h2-3,5-6,9,16-18,20H,1H2,(H2,11,12,13)/t5-,6+,9-,10+/m1/s1. The smallest absolute Gasteiger partial charge is 0.167 e. The Labute approximate surface area is 118 Å². The number of anilines is 1. The highest BCUT2D eigenvalue weighted by molar-refractivity contribution is 7.81. The van der Waals surface area contributed by atoms with Crippen LogP contribution in [0, 0.1) is 0 Å². The summed E-state index contributed by atoms with van der Waals surface area (Å²) in [6.07, 6.45) is -1.03. The first-order chi connectivity index (χ1) is 9.48. The number of nitrogens with two attached hydrogens (primary N) is 1. The molecule has 0 radical (unpaired) electrons. The van der Waals surface area contributed by atoms with E-state index in [9.17, 15) is 15.3 Å². The molecule has 0 spiro atoms. The molecule has 5 N–H and O–H groups in total. The maximum atomic E-state index is 10.1. The fourth-order valence-electron chi connectivity index (χ4n) is 2.18. The van der Waals surface area contributed by atoms with Crippen LogP contribution in [0.5, 0.6) is 0 Å². The summed E-state index contributed by atoms with van der Waals surface area (Å²) in [7, 11) is 0. The number of hydrogen-bond donors (Lipinski definition) is 5. The highest BCUT2D eigenvalue weighted by Crippen LogP contribution is 2.40. The largest absolute Gasteiger partial charge is 0.392 e. The van der Waals surface area contributed by atoms with Gasteiger partial charge in [-0.05, 0) is 0 Å². The third-order valence-electron chi connectivity index (χ3n) is 3.29. The average molecular weight is 299 g/mol. The number of nitrogens with zero attached hydrogens (tertiary/aromatic N) is 4. The second kappa shape index (κ2) is 4.53. The van der Waals surface area contributed by atoms with Gasteiger partial charge in [0.05, 0.1) is 12.9 Å². The number of aliphatic hydroxyl groups is 3. The molecule has 9 nitrogen and oxygen atoms in total. The zero-order valence-corrected chi connectivity index (χ0v) is 11.1. The Kier molecular flexibility index (Phi) is 3.06. The predicted molar refractivity (Wildman–Crippen MR) is 70.7 cm³/mol. The predicted octanol–water partition coefficient (Wildman–Crippen LogP) is -1.72. The quantitative estimate of drug-likeness (QED) is 0.412. The maximum Gasteiger partial charge on any atom is 0.167 e. The van der Waals surface area contributed by atoms with Gasteiger partial charge in [0.15, 0.2) is 22.6 Å². The highest BCUT2D eigenvalue weighted by Gasteiger charge is 2.53. The van der Waals surface area contributed by atoms with Crippen molar-refractivity contribution in [2.75, 3.05) is 12.3 Å². The van der Waals surface area contributed by atoms with Crippen LogP contribution in [0.25, 0.3) is 11.2 Å². The minimum Gasteiger partial charge on any atom is -0.392 e. The van der Waals surface area contributed by atoms with Crippen molar-refractivity contribution in [3.8, 4) is 0 Å². The van der Waals surface area contributed by atoms with Gasteiger partial charge in [-0.15, -0.1) is 12.6 Å². The van der Waals surface area contributed by atoms with Crippen LogP contribution in [-0.4, -0.2) is 58.6 Å². The van der Waals surface area contributed by atoms with Crippen molar-refractivity contribution in [1.82, 2.24) is 19.5 Å². The van der Waals surface area contributed by atoms with Gasteiger partial charge in [-0.2, -0.15) is 0 Å². The fourth-order valence-corrected chi connectivity index (χ4v) is 2.44. The van der Waals surface area contributed by atoms with Crippen molar-refractivity contribution in [3.63, 3.8) is 0 Å². The SMILES string of the molecule is Nc1ncnc2c1ncn2[C@@H]1O[C@](S)(CO)[C@@H](O)[C@H]1O. The summed E-state index contributed by atoms with van der Waals surface area (Å²) in [5, 5.41) is 29.2. The van der Waals surface area contributed by atoms with Crippen LogP contribution in [0.2, 0.25) is 0 Å². The van der Waals surface area contributed by atoms with E-state index in [1.54, 1.807) is 0 Å². The van der Waals surface area contributed by atoms with Crippen molar-refractivity contribution in [2.24, 2.45) is 0 Å². The third-order valence-corrected chi connectivity index (χ3v) is 3.80. The van der Waals surface area contributed by atoms with E-state index in [1.807, 2.05) is 0 Å². The number of hydrogen-bond acceptors (Lipinski definition) is 9. The number of aromatic nitrogens is 4. The topological polar surface area (TPSA) is 140 Å². The molecule has 108 valence electrons. The first-order valence-corrected chi connectivity index (χ1v) is 6.23. The molecule has 1 aliphatic heterocycles. The van der Waals surface area contributed by atoms with Gasteiger partial charge in [-0.25, -0.2) is 15.0 Å². The fraction of sp³-hybridized carbons (Fsp3) is 0.500. The molecule has 3 rings (SSSR count). The zero-order chi connectivity index (χ0) is 14.5. The van der Waals surface area contributed by atoms with Gasteiger partial charge in [0.2, 0.25) is 0 Å².